The molecule has 158 valence electrons. The van der Waals surface area contributed by atoms with Crippen LogP contribution in [0.15, 0.2) is 33.9 Å². The molecule has 1 heterocycles. The van der Waals surface area contributed by atoms with Gasteiger partial charge < -0.3 is 10.6 Å². The van der Waals surface area contributed by atoms with Crippen LogP contribution in [-0.4, -0.2) is 22.0 Å². The minimum absolute atomic E-state index is 0.0245. The molecular weight excluding hydrogens is 375 g/mol. The highest BCUT2D eigenvalue weighted by molar-refractivity contribution is 5.96. The molecule has 2 rings (SSSR count). The number of nitrogens with one attached hydrogen (secondary N) is 1. The van der Waals surface area contributed by atoms with Gasteiger partial charge in [-0.05, 0) is 36.5 Å². The van der Waals surface area contributed by atoms with Crippen molar-refractivity contribution in [1.82, 2.24) is 9.55 Å². The Hall–Kier alpha value is -2.90. The van der Waals surface area contributed by atoms with Gasteiger partial charge in [-0.25, -0.2) is 9.18 Å². The molecule has 0 radical (unpaired) electrons. The quantitative estimate of drug-likeness (QED) is 0.671. The van der Waals surface area contributed by atoms with Crippen LogP contribution in [0.1, 0.15) is 45.6 Å². The van der Waals surface area contributed by atoms with Crippen molar-refractivity contribution in [2.24, 2.45) is 5.92 Å². The Kier molecular flexibility index (Phi) is 7.75. The van der Waals surface area contributed by atoms with Gasteiger partial charge in [0.1, 0.15) is 11.6 Å². The summed E-state index contributed by atoms with van der Waals surface area (Å²) in [6.45, 7) is 6.60. The van der Waals surface area contributed by atoms with Crippen molar-refractivity contribution in [3.8, 4) is 0 Å². The van der Waals surface area contributed by atoms with Gasteiger partial charge in [-0.15, -0.1) is 0 Å². The summed E-state index contributed by atoms with van der Waals surface area (Å²) in [6.07, 6.45) is 2.11. The number of unbranched alkanes of at least 4 members (excludes halogenated alkanes) is 1. The van der Waals surface area contributed by atoms with E-state index < -0.39 is 17.1 Å². The van der Waals surface area contributed by atoms with Gasteiger partial charge in [0.05, 0.1) is 6.42 Å². The van der Waals surface area contributed by atoms with E-state index in [9.17, 15) is 18.8 Å². The topological polar surface area (TPSA) is 101 Å². The maximum absolute atomic E-state index is 13.5. The zero-order valence-electron chi connectivity index (χ0n) is 17.2. The SMILES string of the molecule is CCCCn1c(N)c(N(CCC(C)C)C(=O)Cc2cccc(F)c2)c(=O)[nH]c1=O. The van der Waals surface area contributed by atoms with Crippen molar-refractivity contribution >= 4 is 17.4 Å². The van der Waals surface area contributed by atoms with E-state index in [0.717, 1.165) is 6.42 Å². The largest absolute Gasteiger partial charge is 0.383 e. The number of rotatable bonds is 9. The molecule has 3 N–H and O–H groups in total. The van der Waals surface area contributed by atoms with Crippen molar-refractivity contribution in [1.29, 1.82) is 0 Å². The van der Waals surface area contributed by atoms with E-state index in [1.807, 2.05) is 20.8 Å². The fraction of sp³-hybridized carbons (Fsp3) is 0.476. The molecule has 7 nitrogen and oxygen atoms in total. The van der Waals surface area contributed by atoms with Crippen LogP contribution in [0.4, 0.5) is 15.9 Å². The number of carbonyl (C=O) groups is 1. The van der Waals surface area contributed by atoms with Gasteiger partial charge in [-0.2, -0.15) is 0 Å². The standard InChI is InChI=1S/C21H29FN4O3/c1-4-5-10-26-19(23)18(20(28)24-21(26)29)25(11-9-14(2)3)17(27)13-15-7-6-8-16(22)12-15/h6-8,12,14H,4-5,9-11,13,23H2,1-3H3,(H,24,28,29). The number of nitrogen functional groups attached to an aromatic ring is 1. The molecular formula is C21H29FN4O3. The first-order valence-electron chi connectivity index (χ1n) is 9.92. The van der Waals surface area contributed by atoms with E-state index in [4.69, 9.17) is 5.73 Å². The second-order valence-electron chi connectivity index (χ2n) is 7.53. The van der Waals surface area contributed by atoms with Crippen LogP contribution in [0.5, 0.6) is 0 Å². The predicted molar refractivity (Wildman–Crippen MR) is 113 cm³/mol. The summed E-state index contributed by atoms with van der Waals surface area (Å²) >= 11 is 0. The summed E-state index contributed by atoms with van der Waals surface area (Å²) < 4.78 is 14.8. The van der Waals surface area contributed by atoms with E-state index in [1.165, 1.54) is 27.7 Å². The second kappa shape index (κ2) is 10.0. The Morgan fingerprint density at radius 2 is 2.03 bits per heavy atom. The summed E-state index contributed by atoms with van der Waals surface area (Å²) in [4.78, 5) is 41.4. The number of benzene rings is 1. The predicted octanol–water partition coefficient (Wildman–Crippen LogP) is 2.68. The Bertz CT molecular complexity index is 965. The van der Waals surface area contributed by atoms with Gasteiger partial charge in [0.2, 0.25) is 5.91 Å². The first kappa shape index (κ1) is 22.4. The number of amides is 1. The Morgan fingerprint density at radius 1 is 1.31 bits per heavy atom. The lowest BCUT2D eigenvalue weighted by atomic mass is 10.1. The van der Waals surface area contributed by atoms with Crippen LogP contribution < -0.4 is 21.9 Å². The third-order valence-corrected chi connectivity index (χ3v) is 4.69. The Morgan fingerprint density at radius 3 is 2.66 bits per heavy atom. The summed E-state index contributed by atoms with van der Waals surface area (Å²) in [6, 6.07) is 5.77. The molecule has 0 bridgehead atoms. The summed E-state index contributed by atoms with van der Waals surface area (Å²) in [7, 11) is 0. The lowest BCUT2D eigenvalue weighted by molar-refractivity contribution is -0.118. The highest BCUT2D eigenvalue weighted by atomic mass is 19.1. The van der Waals surface area contributed by atoms with Gasteiger partial charge in [0, 0.05) is 13.1 Å². The summed E-state index contributed by atoms with van der Waals surface area (Å²) in [5, 5.41) is 0. The summed E-state index contributed by atoms with van der Waals surface area (Å²) in [5.41, 5.74) is 5.36. The van der Waals surface area contributed by atoms with E-state index >= 15 is 0 Å². The molecule has 0 atom stereocenters. The zero-order valence-corrected chi connectivity index (χ0v) is 17.2. The van der Waals surface area contributed by atoms with Gasteiger partial charge in [-0.3, -0.25) is 19.1 Å². The molecule has 1 aromatic carbocycles. The van der Waals surface area contributed by atoms with E-state index in [0.29, 0.717) is 24.9 Å². The lowest BCUT2D eigenvalue weighted by Crippen LogP contribution is -2.42. The number of nitrogens with two attached hydrogens (primary N) is 1. The number of nitrogens with zero attached hydrogens (tertiary/aromatic N) is 2. The molecule has 0 spiro atoms. The molecule has 1 amide bonds. The van der Waals surface area contributed by atoms with Crippen molar-refractivity contribution < 1.29 is 9.18 Å². The minimum Gasteiger partial charge on any atom is -0.383 e. The molecule has 1 aromatic heterocycles. The molecule has 2 aromatic rings. The van der Waals surface area contributed by atoms with E-state index in [2.05, 4.69) is 4.98 Å². The molecule has 0 saturated heterocycles. The van der Waals surface area contributed by atoms with Gasteiger partial charge in [-0.1, -0.05) is 39.3 Å². The first-order chi connectivity index (χ1) is 13.7. The third kappa shape index (κ3) is 5.79. The number of H-pyrrole nitrogens is 1. The Labute approximate surface area is 169 Å². The molecule has 0 aliphatic heterocycles. The molecule has 0 aliphatic rings. The van der Waals surface area contributed by atoms with Gasteiger partial charge >= 0.3 is 5.69 Å². The molecule has 8 heteroatoms. The van der Waals surface area contributed by atoms with Crippen LogP contribution in [0.2, 0.25) is 0 Å². The Balaban J connectivity index is 2.47. The van der Waals surface area contributed by atoms with E-state index in [1.54, 1.807) is 6.07 Å². The fourth-order valence-corrected chi connectivity index (χ4v) is 3.04. The highest BCUT2D eigenvalue weighted by Crippen LogP contribution is 2.20. The lowest BCUT2D eigenvalue weighted by Gasteiger charge is -2.25. The van der Waals surface area contributed by atoms with Gasteiger partial charge in [0.15, 0.2) is 5.69 Å². The van der Waals surface area contributed by atoms with Crippen molar-refractivity contribution in [2.45, 2.75) is 53.0 Å². The first-order valence-corrected chi connectivity index (χ1v) is 9.92. The number of aromatic amines is 1. The van der Waals surface area contributed by atoms with Crippen molar-refractivity contribution in [2.75, 3.05) is 17.2 Å². The smallest absolute Gasteiger partial charge is 0.330 e. The average molecular weight is 404 g/mol. The van der Waals surface area contributed by atoms with Crippen LogP contribution in [0.3, 0.4) is 0 Å². The highest BCUT2D eigenvalue weighted by Gasteiger charge is 2.24. The molecule has 0 saturated carbocycles. The normalized spacial score (nSPS) is 11.1. The maximum Gasteiger partial charge on any atom is 0.330 e. The number of hydrogen-bond acceptors (Lipinski definition) is 4. The average Bonchev–Trinajstić information content (AvgIpc) is 2.63. The van der Waals surface area contributed by atoms with Crippen LogP contribution in [0.25, 0.3) is 0 Å². The second-order valence-corrected chi connectivity index (χ2v) is 7.53. The number of anilines is 2. The number of hydrogen-bond donors (Lipinski definition) is 2. The fourth-order valence-electron chi connectivity index (χ4n) is 3.04. The number of halogens is 1. The molecule has 0 aliphatic carbocycles. The molecule has 29 heavy (non-hydrogen) atoms. The number of carbonyl (C=O) groups excluding carboxylic acids is 1. The van der Waals surface area contributed by atoms with Crippen LogP contribution in [-0.2, 0) is 17.8 Å². The zero-order chi connectivity index (χ0) is 21.6. The van der Waals surface area contributed by atoms with Gasteiger partial charge in [0.25, 0.3) is 5.56 Å². The van der Waals surface area contributed by atoms with Crippen molar-refractivity contribution in [3.05, 3.63) is 56.5 Å². The summed E-state index contributed by atoms with van der Waals surface area (Å²) in [5.74, 6) is -0.557. The van der Waals surface area contributed by atoms with Crippen LogP contribution in [0, 0.1) is 11.7 Å². The maximum atomic E-state index is 13.5. The van der Waals surface area contributed by atoms with Crippen LogP contribution >= 0.6 is 0 Å². The monoisotopic (exact) mass is 404 g/mol. The minimum atomic E-state index is -0.698. The molecule has 0 fully saturated rings. The van der Waals surface area contributed by atoms with E-state index in [-0.39, 0.29) is 36.3 Å². The van der Waals surface area contributed by atoms with Crippen molar-refractivity contribution in [3.63, 3.8) is 0 Å². The molecule has 0 unspecified atom stereocenters. The number of aromatic nitrogens is 2. The third-order valence-electron chi connectivity index (χ3n) is 4.69.